The van der Waals surface area contributed by atoms with Crippen molar-refractivity contribution in [2.24, 2.45) is 0 Å². The van der Waals surface area contributed by atoms with Crippen LogP contribution in [0.1, 0.15) is 27.3 Å². The van der Waals surface area contributed by atoms with Gasteiger partial charge in [0.15, 0.2) is 0 Å². The molecule has 20 heavy (non-hydrogen) atoms. The van der Waals surface area contributed by atoms with Crippen molar-refractivity contribution in [3.8, 4) is 11.1 Å². The maximum absolute atomic E-state index is 4.06. The van der Waals surface area contributed by atoms with Crippen molar-refractivity contribution in [2.45, 2.75) is 28.7 Å². The Morgan fingerprint density at radius 3 is 2.10 bits per heavy atom. The second-order valence-electron chi connectivity index (χ2n) is 4.47. The molecule has 0 aromatic heterocycles. The van der Waals surface area contributed by atoms with Gasteiger partial charge in [-0.3, -0.25) is 0 Å². The van der Waals surface area contributed by atoms with E-state index in [1.165, 1.54) is 21.9 Å². The van der Waals surface area contributed by atoms with E-state index in [4.69, 9.17) is 0 Å². The van der Waals surface area contributed by atoms with E-state index in [2.05, 4.69) is 62.0 Å². The molecule has 0 aliphatic carbocycles. The summed E-state index contributed by atoms with van der Waals surface area (Å²) in [5, 5.41) is 2.23. The first-order valence-corrected chi connectivity index (χ1v) is 6.20. The topological polar surface area (TPSA) is 0 Å². The average Bonchev–Trinajstić information content (AvgIpc) is 2.39. The molecule has 0 saturated carbocycles. The molecule has 2 rings (SSSR count). The molecule has 0 atom stereocenters. The summed E-state index contributed by atoms with van der Waals surface area (Å²) in [6.07, 6.45) is 6.17. The Labute approximate surface area is 123 Å². The van der Waals surface area contributed by atoms with Crippen LogP contribution in [0.3, 0.4) is 0 Å². The molecular weight excluding hydrogens is 240 g/mol. The molecule has 2 aromatic rings. The van der Waals surface area contributed by atoms with E-state index in [0.29, 0.717) is 0 Å². The summed E-state index contributed by atoms with van der Waals surface area (Å²) in [6.45, 7) is 8.18. The maximum atomic E-state index is 4.06. The normalized spacial score (nSPS) is 11.0. The minimum atomic E-state index is 0. The van der Waals surface area contributed by atoms with Crippen LogP contribution in [0.4, 0.5) is 0 Å². The van der Waals surface area contributed by atoms with Crippen molar-refractivity contribution < 1.29 is 0 Å². The highest BCUT2D eigenvalue weighted by atomic mass is 14.0. The van der Waals surface area contributed by atoms with Gasteiger partial charge in [-0.15, -0.1) is 0 Å². The monoisotopic (exact) mass is 266 g/mol. The van der Waals surface area contributed by atoms with E-state index >= 15 is 0 Å². The third kappa shape index (κ3) is 4.24. The Bertz CT molecular complexity index is 658. The lowest BCUT2D eigenvalue weighted by atomic mass is 10.0. The summed E-state index contributed by atoms with van der Waals surface area (Å²) < 4.78 is 0. The summed E-state index contributed by atoms with van der Waals surface area (Å²) >= 11 is 0. The molecule has 0 aliphatic heterocycles. The van der Waals surface area contributed by atoms with Crippen LogP contribution in [-0.2, 0) is 0 Å². The molecule has 0 heterocycles. The van der Waals surface area contributed by atoms with E-state index in [1.54, 1.807) is 0 Å². The lowest BCUT2D eigenvalue weighted by molar-refractivity contribution is 1.46. The number of hydrogen-bond acceptors (Lipinski definition) is 0. The smallest absolute Gasteiger partial charge is 0.0178 e. The van der Waals surface area contributed by atoms with Crippen LogP contribution in [0.5, 0.6) is 0 Å². The van der Waals surface area contributed by atoms with Gasteiger partial charge in [-0.05, 0) is 41.5 Å². The van der Waals surface area contributed by atoms with Gasteiger partial charge in [0.2, 0.25) is 0 Å². The highest BCUT2D eigenvalue weighted by molar-refractivity contribution is 5.64. The fraction of sp³-hybridized carbons (Fsp3) is 0.200. The van der Waals surface area contributed by atoms with E-state index in [0.717, 1.165) is 5.22 Å². The Hall–Kier alpha value is -2.08. The van der Waals surface area contributed by atoms with Gasteiger partial charge >= 0.3 is 0 Å². The van der Waals surface area contributed by atoms with Crippen LogP contribution >= 0.6 is 0 Å². The molecule has 0 spiro atoms. The van der Waals surface area contributed by atoms with E-state index < -0.39 is 0 Å². The summed E-state index contributed by atoms with van der Waals surface area (Å²) in [6, 6.07) is 15.0. The van der Waals surface area contributed by atoms with Crippen molar-refractivity contribution in [1.82, 2.24) is 0 Å². The van der Waals surface area contributed by atoms with Crippen LogP contribution in [-0.4, -0.2) is 0 Å². The molecule has 0 saturated heterocycles. The molecule has 2 aromatic carbocycles. The van der Waals surface area contributed by atoms with E-state index in [-0.39, 0.29) is 14.9 Å². The molecule has 0 heteroatoms. The van der Waals surface area contributed by atoms with Crippen molar-refractivity contribution in [2.75, 3.05) is 0 Å². The molecule has 0 fully saturated rings. The minimum absolute atomic E-state index is 0. The van der Waals surface area contributed by atoms with Gasteiger partial charge in [0, 0.05) is 0 Å². The van der Waals surface area contributed by atoms with Crippen molar-refractivity contribution in [3.63, 3.8) is 0 Å². The standard InChI is InChI=1S/C18H18.2CH4/c1-4-5-6-17-13-18(12-9-15(17)3)16-10-7-14(2)8-11-16;;/h4-13H,3H2,1-2H3;2*1H4/b5-4-,17-6-;;. The predicted octanol–water partition coefficient (Wildman–Crippen LogP) is 4.70. The largest absolute Gasteiger partial charge is 0.0912 e. The number of rotatable bonds is 2. The number of hydrogen-bond donors (Lipinski definition) is 0. The Balaban J connectivity index is 0.00000180. The van der Waals surface area contributed by atoms with Crippen molar-refractivity contribution in [3.05, 3.63) is 70.6 Å². The zero-order valence-electron chi connectivity index (χ0n) is 11.0. The fourth-order valence-corrected chi connectivity index (χ4v) is 1.88. The minimum Gasteiger partial charge on any atom is -0.0912 e. The zero-order valence-corrected chi connectivity index (χ0v) is 11.0. The second kappa shape index (κ2) is 8.16. The molecule has 0 aliphatic rings. The predicted molar refractivity (Wildman–Crippen MR) is 94.1 cm³/mol. The van der Waals surface area contributed by atoms with Gasteiger partial charge in [-0.1, -0.05) is 81.6 Å². The van der Waals surface area contributed by atoms with Crippen LogP contribution < -0.4 is 10.4 Å². The van der Waals surface area contributed by atoms with Gasteiger partial charge in [0.25, 0.3) is 0 Å². The highest BCUT2D eigenvalue weighted by Gasteiger charge is 1.96. The van der Waals surface area contributed by atoms with Crippen LogP contribution in [0, 0.1) is 6.92 Å². The molecule has 0 amide bonds. The lowest BCUT2D eigenvalue weighted by Crippen LogP contribution is -2.22. The Morgan fingerprint density at radius 2 is 1.50 bits per heavy atom. The van der Waals surface area contributed by atoms with Crippen molar-refractivity contribution >= 4 is 12.7 Å². The van der Waals surface area contributed by atoms with E-state index in [9.17, 15) is 0 Å². The lowest BCUT2D eigenvalue weighted by Gasteiger charge is -2.02. The average molecular weight is 266 g/mol. The third-order valence-corrected chi connectivity index (χ3v) is 3.00. The zero-order chi connectivity index (χ0) is 13.0. The summed E-state index contributed by atoms with van der Waals surface area (Å²) in [5.41, 5.74) is 3.77. The van der Waals surface area contributed by atoms with Gasteiger partial charge in [-0.25, -0.2) is 0 Å². The van der Waals surface area contributed by atoms with Crippen LogP contribution in [0.2, 0.25) is 0 Å². The molecule has 0 unspecified atom stereocenters. The fourth-order valence-electron chi connectivity index (χ4n) is 1.88. The quantitative estimate of drug-likeness (QED) is 0.739. The first-order chi connectivity index (χ1) is 8.70. The summed E-state index contributed by atoms with van der Waals surface area (Å²) in [4.78, 5) is 0. The molecule has 0 N–H and O–H groups in total. The number of aryl methyl sites for hydroxylation is 1. The molecule has 106 valence electrons. The van der Waals surface area contributed by atoms with Gasteiger partial charge in [0.05, 0.1) is 0 Å². The number of allylic oxidation sites excluding steroid dienone is 2. The highest BCUT2D eigenvalue weighted by Crippen LogP contribution is 2.17. The second-order valence-corrected chi connectivity index (χ2v) is 4.47. The van der Waals surface area contributed by atoms with Crippen molar-refractivity contribution in [1.29, 1.82) is 0 Å². The summed E-state index contributed by atoms with van der Waals surface area (Å²) in [5.74, 6) is 0. The molecular formula is C20H26. The van der Waals surface area contributed by atoms with Gasteiger partial charge < -0.3 is 0 Å². The Morgan fingerprint density at radius 1 is 0.900 bits per heavy atom. The van der Waals surface area contributed by atoms with E-state index in [1.807, 2.05) is 19.1 Å². The van der Waals surface area contributed by atoms with Gasteiger partial charge in [-0.2, -0.15) is 0 Å². The first-order valence-electron chi connectivity index (χ1n) is 6.20. The molecule has 0 bridgehead atoms. The molecule has 0 radical (unpaired) electrons. The number of benzene rings is 2. The van der Waals surface area contributed by atoms with Gasteiger partial charge in [0.1, 0.15) is 0 Å². The van der Waals surface area contributed by atoms with Crippen LogP contribution in [0.15, 0.2) is 54.6 Å². The summed E-state index contributed by atoms with van der Waals surface area (Å²) in [7, 11) is 0. The Kier molecular flexibility index (Phi) is 7.31. The first kappa shape index (κ1) is 17.9. The van der Waals surface area contributed by atoms with Crippen LogP contribution in [0.25, 0.3) is 23.8 Å². The SMILES string of the molecule is C.C.C=c1ccc(-c2ccc(C)cc2)c/c1=C/C=C\C. The maximum Gasteiger partial charge on any atom is -0.0178 e. The molecule has 0 nitrogen and oxygen atoms in total. The third-order valence-electron chi connectivity index (χ3n) is 3.00.